The van der Waals surface area contributed by atoms with E-state index < -0.39 is 11.6 Å². The Bertz CT molecular complexity index is 597. The number of benzene rings is 1. The summed E-state index contributed by atoms with van der Waals surface area (Å²) in [5, 5.41) is 0. The molecule has 1 fully saturated rings. The van der Waals surface area contributed by atoms with Gasteiger partial charge in [-0.3, -0.25) is 0 Å². The zero-order valence-corrected chi connectivity index (χ0v) is 9.93. The van der Waals surface area contributed by atoms with Gasteiger partial charge in [0, 0.05) is 24.1 Å². The summed E-state index contributed by atoms with van der Waals surface area (Å²) in [5.41, 5.74) is 0.970. The molecule has 1 heterocycles. The molecule has 1 saturated carbocycles. The van der Waals surface area contributed by atoms with Crippen LogP contribution in [0.15, 0.2) is 6.07 Å². The Morgan fingerprint density at radius 2 is 2.12 bits per heavy atom. The van der Waals surface area contributed by atoms with E-state index >= 15 is 0 Å². The second-order valence-corrected chi connectivity index (χ2v) is 4.65. The van der Waals surface area contributed by atoms with Crippen LogP contribution in [0.3, 0.4) is 0 Å². The summed E-state index contributed by atoms with van der Waals surface area (Å²) in [5.74, 6) is 0.357. The number of imidazole rings is 1. The molecule has 0 spiro atoms. The van der Waals surface area contributed by atoms with Gasteiger partial charge in [-0.05, 0) is 26.7 Å². The van der Waals surface area contributed by atoms with Crippen LogP contribution in [0.2, 0.25) is 0 Å². The lowest BCUT2D eigenvalue weighted by atomic mass is 10.2. The zero-order valence-electron chi connectivity index (χ0n) is 9.93. The third kappa shape index (κ3) is 1.47. The van der Waals surface area contributed by atoms with Crippen LogP contribution in [0, 0.1) is 18.6 Å². The highest BCUT2D eigenvalue weighted by Crippen LogP contribution is 2.41. The summed E-state index contributed by atoms with van der Waals surface area (Å²) in [7, 11) is 0. The van der Waals surface area contributed by atoms with Gasteiger partial charge in [-0.1, -0.05) is 0 Å². The Kier molecular flexibility index (Phi) is 2.21. The van der Waals surface area contributed by atoms with Crippen molar-refractivity contribution in [2.75, 3.05) is 0 Å². The lowest BCUT2D eigenvalue weighted by Crippen LogP contribution is -2.02. The fourth-order valence-electron chi connectivity index (χ4n) is 2.31. The van der Waals surface area contributed by atoms with Crippen LogP contribution in [-0.2, 0) is 6.54 Å². The van der Waals surface area contributed by atoms with Gasteiger partial charge in [0.05, 0.1) is 5.52 Å². The molecule has 2 nitrogen and oxygen atoms in total. The molecule has 2 aromatic rings. The van der Waals surface area contributed by atoms with Crippen LogP contribution in [0.1, 0.15) is 37.1 Å². The van der Waals surface area contributed by atoms with Crippen LogP contribution in [0.4, 0.5) is 8.78 Å². The maximum atomic E-state index is 14.1. The standard InChI is InChI=1S/C13H14F2N2/c1-3-17-12-10(16-13(17)8-4-5-8)6-9(14)7(2)11(12)15/h6,8H,3-5H2,1-2H3. The normalized spacial score (nSPS) is 15.8. The van der Waals surface area contributed by atoms with E-state index in [1.165, 1.54) is 13.0 Å². The Balaban J connectivity index is 2.36. The van der Waals surface area contributed by atoms with Gasteiger partial charge >= 0.3 is 0 Å². The molecule has 1 aliphatic carbocycles. The van der Waals surface area contributed by atoms with E-state index in [4.69, 9.17) is 0 Å². The van der Waals surface area contributed by atoms with Crippen molar-refractivity contribution in [2.24, 2.45) is 0 Å². The van der Waals surface area contributed by atoms with Crippen molar-refractivity contribution in [1.82, 2.24) is 9.55 Å². The predicted octanol–water partition coefficient (Wildman–Crippen LogP) is 3.52. The molecule has 1 aromatic heterocycles. The lowest BCUT2D eigenvalue weighted by molar-refractivity contribution is 0.570. The van der Waals surface area contributed by atoms with E-state index in [1.54, 1.807) is 0 Å². The van der Waals surface area contributed by atoms with Gasteiger partial charge in [0.25, 0.3) is 0 Å². The molecular formula is C13H14F2N2. The number of rotatable bonds is 2. The average molecular weight is 236 g/mol. The van der Waals surface area contributed by atoms with Gasteiger partial charge in [0.15, 0.2) is 5.82 Å². The summed E-state index contributed by atoms with van der Waals surface area (Å²) in [6.07, 6.45) is 2.21. The average Bonchev–Trinajstić information content (AvgIpc) is 3.08. The van der Waals surface area contributed by atoms with Gasteiger partial charge < -0.3 is 4.57 Å². The first kappa shape index (κ1) is 10.7. The first-order chi connectivity index (χ1) is 8.13. The van der Waals surface area contributed by atoms with Crippen LogP contribution < -0.4 is 0 Å². The molecule has 0 N–H and O–H groups in total. The number of aromatic nitrogens is 2. The molecule has 1 aliphatic rings. The van der Waals surface area contributed by atoms with E-state index in [-0.39, 0.29) is 5.56 Å². The van der Waals surface area contributed by atoms with Crippen molar-refractivity contribution in [3.05, 3.63) is 29.1 Å². The summed E-state index contributed by atoms with van der Waals surface area (Å²) in [6.45, 7) is 4.10. The van der Waals surface area contributed by atoms with Crippen molar-refractivity contribution in [3.63, 3.8) is 0 Å². The van der Waals surface area contributed by atoms with Gasteiger partial charge in [-0.2, -0.15) is 0 Å². The highest BCUT2D eigenvalue weighted by atomic mass is 19.1. The topological polar surface area (TPSA) is 17.8 Å². The molecular weight excluding hydrogens is 222 g/mol. The molecule has 0 amide bonds. The Morgan fingerprint density at radius 3 is 2.71 bits per heavy atom. The smallest absolute Gasteiger partial charge is 0.154 e. The molecule has 0 atom stereocenters. The van der Waals surface area contributed by atoms with Crippen molar-refractivity contribution >= 4 is 11.0 Å². The summed E-state index contributed by atoms with van der Waals surface area (Å²) in [6, 6.07) is 1.34. The van der Waals surface area contributed by atoms with Gasteiger partial charge in [-0.15, -0.1) is 0 Å². The van der Waals surface area contributed by atoms with Gasteiger partial charge in [-0.25, -0.2) is 13.8 Å². The number of hydrogen-bond acceptors (Lipinski definition) is 1. The first-order valence-corrected chi connectivity index (χ1v) is 5.98. The summed E-state index contributed by atoms with van der Waals surface area (Å²) < 4.78 is 29.5. The lowest BCUT2D eigenvalue weighted by Gasteiger charge is -2.06. The van der Waals surface area contributed by atoms with Crippen LogP contribution in [-0.4, -0.2) is 9.55 Å². The monoisotopic (exact) mass is 236 g/mol. The second-order valence-electron chi connectivity index (χ2n) is 4.65. The molecule has 1 aromatic carbocycles. The highest BCUT2D eigenvalue weighted by Gasteiger charge is 2.30. The largest absolute Gasteiger partial charge is 0.326 e. The van der Waals surface area contributed by atoms with E-state index in [0.717, 1.165) is 18.7 Å². The van der Waals surface area contributed by atoms with Crippen molar-refractivity contribution in [1.29, 1.82) is 0 Å². The van der Waals surface area contributed by atoms with E-state index in [9.17, 15) is 8.78 Å². The number of aryl methyl sites for hydroxylation is 1. The Hall–Kier alpha value is -1.45. The molecule has 3 rings (SSSR count). The predicted molar refractivity (Wildman–Crippen MR) is 62.0 cm³/mol. The molecule has 17 heavy (non-hydrogen) atoms. The van der Waals surface area contributed by atoms with E-state index in [2.05, 4.69) is 4.98 Å². The Morgan fingerprint density at radius 1 is 1.41 bits per heavy atom. The third-order valence-corrected chi connectivity index (χ3v) is 3.44. The van der Waals surface area contributed by atoms with Gasteiger partial charge in [0.2, 0.25) is 0 Å². The quantitative estimate of drug-likeness (QED) is 0.780. The SMILES string of the molecule is CCn1c(C2CC2)nc2cc(F)c(C)c(F)c21. The summed E-state index contributed by atoms with van der Waals surface area (Å²) in [4.78, 5) is 4.39. The van der Waals surface area contributed by atoms with Crippen molar-refractivity contribution in [3.8, 4) is 0 Å². The molecule has 90 valence electrons. The van der Waals surface area contributed by atoms with Crippen LogP contribution in [0.25, 0.3) is 11.0 Å². The minimum atomic E-state index is -0.516. The number of fused-ring (bicyclic) bond motifs is 1. The van der Waals surface area contributed by atoms with Crippen LogP contribution in [0.5, 0.6) is 0 Å². The molecule has 0 radical (unpaired) electrons. The number of halogens is 2. The highest BCUT2D eigenvalue weighted by molar-refractivity contribution is 5.78. The zero-order chi connectivity index (χ0) is 12.2. The molecule has 0 bridgehead atoms. The van der Waals surface area contributed by atoms with Gasteiger partial charge in [0.1, 0.15) is 17.2 Å². The molecule has 0 unspecified atom stereocenters. The van der Waals surface area contributed by atoms with Crippen molar-refractivity contribution in [2.45, 2.75) is 39.2 Å². The minimum Gasteiger partial charge on any atom is -0.326 e. The van der Waals surface area contributed by atoms with Crippen molar-refractivity contribution < 1.29 is 8.78 Å². The second kappa shape index (κ2) is 3.52. The third-order valence-electron chi connectivity index (χ3n) is 3.44. The summed E-state index contributed by atoms with van der Waals surface area (Å²) >= 11 is 0. The maximum Gasteiger partial charge on any atom is 0.154 e. The number of hydrogen-bond donors (Lipinski definition) is 0. The van der Waals surface area contributed by atoms with E-state index in [1.807, 2.05) is 11.5 Å². The fourth-order valence-corrected chi connectivity index (χ4v) is 2.31. The first-order valence-electron chi connectivity index (χ1n) is 5.98. The Labute approximate surface area is 98.3 Å². The van der Waals surface area contributed by atoms with E-state index in [0.29, 0.717) is 23.5 Å². The fraction of sp³-hybridized carbons (Fsp3) is 0.462. The maximum absolute atomic E-state index is 14.1. The number of nitrogens with zero attached hydrogens (tertiary/aromatic N) is 2. The van der Waals surface area contributed by atoms with Crippen LogP contribution >= 0.6 is 0 Å². The molecule has 0 saturated heterocycles. The molecule has 4 heteroatoms. The minimum absolute atomic E-state index is 0.0782. The molecule has 0 aliphatic heterocycles.